The minimum Gasteiger partial charge on any atom is -0.226 e. The Balaban J connectivity index is 2.96. The van der Waals surface area contributed by atoms with Gasteiger partial charge in [-0.05, 0) is 6.07 Å². The molecule has 62 valence electrons. The number of isocyanates is 1. The van der Waals surface area contributed by atoms with E-state index >= 15 is 0 Å². The SMILES string of the molecule is O=C=NCc1cc(Cl)cnc1F. The van der Waals surface area contributed by atoms with Gasteiger partial charge in [-0.1, -0.05) is 11.6 Å². The Morgan fingerprint density at radius 3 is 3.17 bits per heavy atom. The summed E-state index contributed by atoms with van der Waals surface area (Å²) >= 11 is 5.53. The lowest BCUT2D eigenvalue weighted by Crippen LogP contribution is -1.91. The van der Waals surface area contributed by atoms with Crippen LogP contribution in [0.5, 0.6) is 0 Å². The molecule has 1 aromatic heterocycles. The van der Waals surface area contributed by atoms with Gasteiger partial charge in [0.2, 0.25) is 12.0 Å². The lowest BCUT2D eigenvalue weighted by Gasteiger charge is -1.96. The van der Waals surface area contributed by atoms with Crippen LogP contribution in [-0.2, 0) is 11.3 Å². The number of rotatable bonds is 2. The van der Waals surface area contributed by atoms with E-state index in [9.17, 15) is 9.18 Å². The standard InChI is InChI=1S/C7H4ClFN2O/c8-6-1-5(2-10-4-12)7(9)11-3-6/h1,3H,2H2. The maximum Gasteiger partial charge on any atom is 0.235 e. The van der Waals surface area contributed by atoms with Crippen LogP contribution in [0.25, 0.3) is 0 Å². The van der Waals surface area contributed by atoms with Crippen LogP contribution < -0.4 is 0 Å². The van der Waals surface area contributed by atoms with Crippen LogP contribution in [0.4, 0.5) is 4.39 Å². The summed E-state index contributed by atoms with van der Waals surface area (Å²) in [6, 6.07) is 1.37. The summed E-state index contributed by atoms with van der Waals surface area (Å²) < 4.78 is 12.7. The summed E-state index contributed by atoms with van der Waals surface area (Å²) in [5.41, 5.74) is 0.186. The third-order valence-electron chi connectivity index (χ3n) is 1.19. The van der Waals surface area contributed by atoms with Crippen molar-refractivity contribution < 1.29 is 9.18 Å². The van der Waals surface area contributed by atoms with Crippen molar-refractivity contribution in [3.8, 4) is 0 Å². The van der Waals surface area contributed by atoms with Gasteiger partial charge in [0.25, 0.3) is 0 Å². The second-order valence-corrected chi connectivity index (χ2v) is 2.45. The number of aromatic nitrogens is 1. The second kappa shape index (κ2) is 3.95. The third-order valence-corrected chi connectivity index (χ3v) is 1.40. The highest BCUT2D eigenvalue weighted by Gasteiger charge is 2.02. The molecule has 0 N–H and O–H groups in total. The van der Waals surface area contributed by atoms with E-state index in [0.717, 1.165) is 0 Å². The largest absolute Gasteiger partial charge is 0.235 e. The molecule has 0 unspecified atom stereocenters. The zero-order chi connectivity index (χ0) is 8.97. The number of aliphatic imine (C=N–C) groups is 1. The fourth-order valence-corrected chi connectivity index (χ4v) is 0.873. The molecule has 0 saturated heterocycles. The van der Waals surface area contributed by atoms with Gasteiger partial charge < -0.3 is 0 Å². The molecule has 5 heteroatoms. The summed E-state index contributed by atoms with van der Waals surface area (Å²) in [7, 11) is 0. The topological polar surface area (TPSA) is 42.3 Å². The normalized spacial score (nSPS) is 9.17. The molecule has 3 nitrogen and oxygen atoms in total. The van der Waals surface area contributed by atoms with Gasteiger partial charge in [-0.15, -0.1) is 0 Å². The van der Waals surface area contributed by atoms with Crippen molar-refractivity contribution in [1.29, 1.82) is 0 Å². The van der Waals surface area contributed by atoms with Crippen LogP contribution in [0.3, 0.4) is 0 Å². The molecule has 1 rings (SSSR count). The fraction of sp³-hybridized carbons (Fsp3) is 0.143. The molecule has 0 bridgehead atoms. The number of halogens is 2. The van der Waals surface area contributed by atoms with E-state index in [-0.39, 0.29) is 12.1 Å². The van der Waals surface area contributed by atoms with Crippen molar-refractivity contribution in [2.75, 3.05) is 0 Å². The fourth-order valence-electron chi connectivity index (χ4n) is 0.693. The van der Waals surface area contributed by atoms with E-state index < -0.39 is 5.95 Å². The molecule has 0 aromatic carbocycles. The molecule has 0 aliphatic carbocycles. The van der Waals surface area contributed by atoms with Gasteiger partial charge in [-0.2, -0.15) is 4.39 Å². The summed E-state index contributed by atoms with van der Waals surface area (Å²) in [4.78, 5) is 16.2. The highest BCUT2D eigenvalue weighted by molar-refractivity contribution is 6.30. The summed E-state index contributed by atoms with van der Waals surface area (Å²) in [6.07, 6.45) is 2.49. The number of carbonyl (C=O) groups excluding carboxylic acids is 1. The number of nitrogens with zero attached hydrogens (tertiary/aromatic N) is 2. The molecule has 0 spiro atoms. The number of hydrogen-bond donors (Lipinski definition) is 0. The average molecular weight is 187 g/mol. The van der Waals surface area contributed by atoms with Crippen LogP contribution in [0.1, 0.15) is 5.56 Å². The molecular formula is C7H4ClFN2O. The summed E-state index contributed by atoms with van der Waals surface area (Å²) in [5.74, 6) is -0.668. The molecule has 0 saturated carbocycles. The van der Waals surface area contributed by atoms with Crippen LogP contribution in [0.15, 0.2) is 17.3 Å². The highest BCUT2D eigenvalue weighted by Crippen LogP contribution is 2.12. The summed E-state index contributed by atoms with van der Waals surface area (Å²) in [6.45, 7) is -0.0805. The first-order valence-corrected chi connectivity index (χ1v) is 3.45. The van der Waals surface area contributed by atoms with E-state index in [4.69, 9.17) is 11.6 Å². The first-order chi connectivity index (χ1) is 5.74. The molecule has 0 radical (unpaired) electrons. The second-order valence-electron chi connectivity index (χ2n) is 2.01. The zero-order valence-electron chi connectivity index (χ0n) is 5.92. The van der Waals surface area contributed by atoms with Gasteiger partial charge in [0.05, 0.1) is 11.6 Å². The first kappa shape index (κ1) is 8.84. The van der Waals surface area contributed by atoms with Gasteiger partial charge in [-0.25, -0.2) is 14.8 Å². The van der Waals surface area contributed by atoms with Gasteiger partial charge >= 0.3 is 0 Å². The number of hydrogen-bond acceptors (Lipinski definition) is 3. The van der Waals surface area contributed by atoms with Crippen molar-refractivity contribution in [1.82, 2.24) is 4.98 Å². The Hall–Kier alpha value is -1.25. The molecule has 1 heterocycles. The van der Waals surface area contributed by atoms with Gasteiger partial charge in [0.1, 0.15) is 0 Å². The quantitative estimate of drug-likeness (QED) is 0.401. The molecule has 0 aliphatic heterocycles. The molecule has 1 aromatic rings. The maximum atomic E-state index is 12.7. The predicted octanol–water partition coefficient (Wildman–Crippen LogP) is 1.71. The van der Waals surface area contributed by atoms with Crippen LogP contribution in [0.2, 0.25) is 5.02 Å². The molecule has 0 amide bonds. The van der Waals surface area contributed by atoms with Gasteiger partial charge in [0, 0.05) is 11.8 Å². The van der Waals surface area contributed by atoms with Gasteiger partial charge in [0.15, 0.2) is 0 Å². The van der Waals surface area contributed by atoms with Crippen LogP contribution in [0, 0.1) is 5.95 Å². The van der Waals surface area contributed by atoms with E-state index in [1.165, 1.54) is 18.3 Å². The smallest absolute Gasteiger partial charge is 0.226 e. The van der Waals surface area contributed by atoms with E-state index in [2.05, 4.69) is 9.98 Å². The molecule has 0 atom stereocenters. The highest BCUT2D eigenvalue weighted by atomic mass is 35.5. The van der Waals surface area contributed by atoms with Crippen molar-refractivity contribution in [2.45, 2.75) is 6.54 Å². The number of pyridine rings is 1. The van der Waals surface area contributed by atoms with Gasteiger partial charge in [-0.3, -0.25) is 0 Å². The summed E-state index contributed by atoms with van der Waals surface area (Å²) in [5, 5.41) is 0.312. The lowest BCUT2D eigenvalue weighted by molar-refractivity contribution is 0.557. The monoisotopic (exact) mass is 186 g/mol. The first-order valence-electron chi connectivity index (χ1n) is 3.07. The lowest BCUT2D eigenvalue weighted by atomic mass is 10.3. The zero-order valence-corrected chi connectivity index (χ0v) is 6.68. The van der Waals surface area contributed by atoms with Crippen LogP contribution >= 0.6 is 11.6 Å². The van der Waals surface area contributed by atoms with E-state index in [1.807, 2.05) is 0 Å². The van der Waals surface area contributed by atoms with Crippen molar-refractivity contribution in [3.05, 3.63) is 28.8 Å². The Morgan fingerprint density at radius 2 is 2.50 bits per heavy atom. The Bertz CT molecular complexity index is 336. The van der Waals surface area contributed by atoms with E-state index in [1.54, 1.807) is 0 Å². The van der Waals surface area contributed by atoms with Crippen LogP contribution in [-0.4, -0.2) is 11.1 Å². The van der Waals surface area contributed by atoms with Crippen molar-refractivity contribution >= 4 is 17.7 Å². The minimum atomic E-state index is -0.668. The minimum absolute atomic E-state index is 0.0805. The van der Waals surface area contributed by atoms with Crippen molar-refractivity contribution in [2.24, 2.45) is 4.99 Å². The van der Waals surface area contributed by atoms with E-state index in [0.29, 0.717) is 5.02 Å². The predicted molar refractivity (Wildman–Crippen MR) is 41.0 cm³/mol. The molecule has 0 fully saturated rings. The maximum absolute atomic E-state index is 12.7. The third kappa shape index (κ3) is 2.12. The average Bonchev–Trinajstić information content (AvgIpc) is 2.07. The Labute approximate surface area is 72.9 Å². The molecule has 0 aliphatic rings. The Morgan fingerprint density at radius 1 is 1.75 bits per heavy atom. The Kier molecular flexibility index (Phi) is 2.91. The molecular weight excluding hydrogens is 183 g/mol. The van der Waals surface area contributed by atoms with Crippen molar-refractivity contribution in [3.63, 3.8) is 0 Å². The molecule has 12 heavy (non-hydrogen) atoms.